The van der Waals surface area contributed by atoms with Crippen molar-refractivity contribution in [3.63, 3.8) is 0 Å². The maximum Gasteiger partial charge on any atom is 0.000790 e. The molecule has 0 aromatic rings. The van der Waals surface area contributed by atoms with Crippen LogP contribution >= 0.6 is 0 Å². The Morgan fingerprint density at radius 3 is 2.37 bits per heavy atom. The van der Waals surface area contributed by atoms with Gasteiger partial charge < -0.3 is 11.1 Å². The highest BCUT2D eigenvalue weighted by Gasteiger charge is 2.33. The lowest BCUT2D eigenvalue weighted by molar-refractivity contribution is 0.223. The maximum absolute atomic E-state index is 5.59. The zero-order chi connectivity index (χ0) is 14.1. The molecule has 1 aliphatic rings. The lowest BCUT2D eigenvalue weighted by atomic mass is 9.78. The van der Waals surface area contributed by atoms with Crippen LogP contribution in [0.5, 0.6) is 0 Å². The van der Waals surface area contributed by atoms with Gasteiger partial charge in [-0.15, -0.1) is 0 Å². The third-order valence-electron chi connectivity index (χ3n) is 4.72. The number of nitrogens with two attached hydrogens (primary N) is 1. The van der Waals surface area contributed by atoms with E-state index in [0.29, 0.717) is 5.41 Å². The lowest BCUT2D eigenvalue weighted by Gasteiger charge is -2.31. The Bertz CT molecular complexity index is 219. The van der Waals surface area contributed by atoms with Crippen molar-refractivity contribution >= 4 is 0 Å². The lowest BCUT2D eigenvalue weighted by Crippen LogP contribution is -2.34. The van der Waals surface area contributed by atoms with Gasteiger partial charge in [-0.2, -0.15) is 0 Å². The van der Waals surface area contributed by atoms with E-state index in [-0.39, 0.29) is 0 Å². The van der Waals surface area contributed by atoms with E-state index in [0.717, 1.165) is 18.4 Å². The van der Waals surface area contributed by atoms with Gasteiger partial charge >= 0.3 is 0 Å². The molecule has 0 spiro atoms. The predicted molar refractivity (Wildman–Crippen MR) is 85.3 cm³/mol. The zero-order valence-corrected chi connectivity index (χ0v) is 13.5. The minimum atomic E-state index is 0.622. The highest BCUT2D eigenvalue weighted by Crippen LogP contribution is 2.42. The summed E-state index contributed by atoms with van der Waals surface area (Å²) in [5, 5.41) is 3.74. The minimum Gasteiger partial charge on any atom is -0.330 e. The first kappa shape index (κ1) is 17.0. The zero-order valence-electron chi connectivity index (χ0n) is 13.5. The minimum absolute atomic E-state index is 0.622. The molecule has 1 saturated carbocycles. The SMILES string of the molecule is CC(C)CC1(CNCCCC(C)CCN)CCCC1. The quantitative estimate of drug-likeness (QED) is 0.589. The molecule has 1 atom stereocenters. The van der Waals surface area contributed by atoms with Gasteiger partial charge in [0, 0.05) is 6.54 Å². The van der Waals surface area contributed by atoms with Crippen molar-refractivity contribution in [1.82, 2.24) is 5.32 Å². The molecule has 0 aromatic heterocycles. The Hall–Kier alpha value is -0.0800. The summed E-state index contributed by atoms with van der Waals surface area (Å²) in [6.07, 6.45) is 11.0. The summed E-state index contributed by atoms with van der Waals surface area (Å²) in [4.78, 5) is 0. The molecule has 0 amide bonds. The van der Waals surface area contributed by atoms with Crippen molar-refractivity contribution < 1.29 is 0 Å². The number of hydrogen-bond donors (Lipinski definition) is 2. The number of nitrogens with one attached hydrogen (secondary N) is 1. The molecule has 0 bridgehead atoms. The molecule has 0 saturated heterocycles. The molecular weight excluding hydrogens is 232 g/mol. The van der Waals surface area contributed by atoms with Crippen molar-refractivity contribution in [3.05, 3.63) is 0 Å². The summed E-state index contributed by atoms with van der Waals surface area (Å²) >= 11 is 0. The topological polar surface area (TPSA) is 38.0 Å². The molecule has 1 rings (SSSR count). The second-order valence-electron chi connectivity index (χ2n) is 7.31. The second kappa shape index (κ2) is 8.97. The highest BCUT2D eigenvalue weighted by atomic mass is 14.9. The van der Waals surface area contributed by atoms with E-state index in [1.165, 1.54) is 64.5 Å². The summed E-state index contributed by atoms with van der Waals surface area (Å²) in [6.45, 7) is 10.3. The highest BCUT2D eigenvalue weighted by molar-refractivity contribution is 4.87. The largest absolute Gasteiger partial charge is 0.330 e. The van der Waals surface area contributed by atoms with Crippen molar-refractivity contribution in [2.75, 3.05) is 19.6 Å². The second-order valence-corrected chi connectivity index (χ2v) is 7.31. The van der Waals surface area contributed by atoms with Gasteiger partial charge in [-0.1, -0.05) is 33.6 Å². The molecule has 114 valence electrons. The van der Waals surface area contributed by atoms with Crippen LogP contribution in [0.3, 0.4) is 0 Å². The van der Waals surface area contributed by atoms with E-state index in [4.69, 9.17) is 5.73 Å². The maximum atomic E-state index is 5.59. The first-order valence-corrected chi connectivity index (χ1v) is 8.49. The molecule has 1 aliphatic carbocycles. The molecule has 1 fully saturated rings. The number of hydrogen-bond acceptors (Lipinski definition) is 2. The first-order chi connectivity index (χ1) is 9.08. The third kappa shape index (κ3) is 6.76. The Kier molecular flexibility index (Phi) is 8.01. The van der Waals surface area contributed by atoms with Crippen molar-refractivity contribution in [2.45, 2.75) is 72.1 Å². The molecular formula is C17H36N2. The standard InChI is InChI=1S/C17H36N2/c1-15(2)13-17(9-4-5-10-17)14-19-12-6-7-16(3)8-11-18/h15-16,19H,4-14,18H2,1-3H3. The van der Waals surface area contributed by atoms with E-state index in [1.807, 2.05) is 0 Å². The van der Waals surface area contributed by atoms with E-state index >= 15 is 0 Å². The average Bonchev–Trinajstić information content (AvgIpc) is 2.77. The van der Waals surface area contributed by atoms with Crippen LogP contribution in [0.2, 0.25) is 0 Å². The van der Waals surface area contributed by atoms with Crippen LogP contribution in [0.25, 0.3) is 0 Å². The number of rotatable bonds is 10. The van der Waals surface area contributed by atoms with E-state index < -0.39 is 0 Å². The van der Waals surface area contributed by atoms with Crippen LogP contribution in [0.15, 0.2) is 0 Å². The molecule has 0 aliphatic heterocycles. The van der Waals surface area contributed by atoms with Crippen LogP contribution in [-0.2, 0) is 0 Å². The van der Waals surface area contributed by atoms with Crippen molar-refractivity contribution in [3.8, 4) is 0 Å². The predicted octanol–water partition coefficient (Wildman–Crippen LogP) is 3.95. The molecule has 0 heterocycles. The normalized spacial score (nSPS) is 20.1. The van der Waals surface area contributed by atoms with Crippen LogP contribution < -0.4 is 11.1 Å². The summed E-state index contributed by atoms with van der Waals surface area (Å²) in [6, 6.07) is 0. The van der Waals surface area contributed by atoms with Crippen LogP contribution in [0.1, 0.15) is 72.1 Å². The van der Waals surface area contributed by atoms with E-state index in [1.54, 1.807) is 0 Å². The molecule has 19 heavy (non-hydrogen) atoms. The first-order valence-electron chi connectivity index (χ1n) is 8.49. The third-order valence-corrected chi connectivity index (χ3v) is 4.72. The summed E-state index contributed by atoms with van der Waals surface area (Å²) in [7, 11) is 0. The van der Waals surface area contributed by atoms with Gasteiger partial charge in [0.25, 0.3) is 0 Å². The Balaban J connectivity index is 2.15. The van der Waals surface area contributed by atoms with Gasteiger partial charge in [-0.3, -0.25) is 0 Å². The van der Waals surface area contributed by atoms with Crippen LogP contribution in [0.4, 0.5) is 0 Å². The summed E-state index contributed by atoms with van der Waals surface area (Å²) < 4.78 is 0. The van der Waals surface area contributed by atoms with Gasteiger partial charge in [0.15, 0.2) is 0 Å². The fourth-order valence-corrected chi connectivity index (χ4v) is 3.80. The molecule has 0 aromatic carbocycles. The molecule has 1 unspecified atom stereocenters. The smallest absolute Gasteiger partial charge is 0.000790 e. The summed E-state index contributed by atoms with van der Waals surface area (Å²) in [5.74, 6) is 1.63. The van der Waals surface area contributed by atoms with Gasteiger partial charge in [0.1, 0.15) is 0 Å². The molecule has 0 radical (unpaired) electrons. The summed E-state index contributed by atoms with van der Waals surface area (Å²) in [5.41, 5.74) is 6.21. The van der Waals surface area contributed by atoms with Gasteiger partial charge in [0.2, 0.25) is 0 Å². The van der Waals surface area contributed by atoms with Crippen LogP contribution in [0, 0.1) is 17.3 Å². The Labute approximate surface area is 120 Å². The van der Waals surface area contributed by atoms with Gasteiger partial charge in [-0.05, 0) is 68.9 Å². The van der Waals surface area contributed by atoms with Gasteiger partial charge in [-0.25, -0.2) is 0 Å². The van der Waals surface area contributed by atoms with Crippen molar-refractivity contribution in [1.29, 1.82) is 0 Å². The van der Waals surface area contributed by atoms with Crippen molar-refractivity contribution in [2.24, 2.45) is 23.0 Å². The van der Waals surface area contributed by atoms with E-state index in [9.17, 15) is 0 Å². The fourth-order valence-electron chi connectivity index (χ4n) is 3.80. The monoisotopic (exact) mass is 268 g/mol. The van der Waals surface area contributed by atoms with Gasteiger partial charge in [0.05, 0.1) is 0 Å². The average molecular weight is 268 g/mol. The Morgan fingerprint density at radius 2 is 1.79 bits per heavy atom. The molecule has 3 N–H and O–H groups in total. The fraction of sp³-hybridized carbons (Fsp3) is 1.00. The molecule has 2 nitrogen and oxygen atoms in total. The Morgan fingerprint density at radius 1 is 1.11 bits per heavy atom. The van der Waals surface area contributed by atoms with Crippen LogP contribution in [-0.4, -0.2) is 19.6 Å². The molecule has 2 heteroatoms. The van der Waals surface area contributed by atoms with E-state index in [2.05, 4.69) is 26.1 Å².